The van der Waals surface area contributed by atoms with Gasteiger partial charge in [0, 0.05) is 12.8 Å². The van der Waals surface area contributed by atoms with Crippen LogP contribution in [-0.4, -0.2) is 40.8 Å². The number of hydrogen-bond acceptors (Lipinski definition) is 6. The van der Waals surface area contributed by atoms with E-state index in [0.717, 1.165) is 25.7 Å². The lowest BCUT2D eigenvalue weighted by Gasteiger charge is -2.41. The molecule has 1 spiro atoms. The van der Waals surface area contributed by atoms with Crippen LogP contribution >= 0.6 is 0 Å². The topological polar surface area (TPSA) is 85.2 Å². The van der Waals surface area contributed by atoms with Gasteiger partial charge in [-0.15, -0.1) is 0 Å². The molecule has 0 aromatic rings. The molecule has 6 heteroatoms. The molecule has 3 aliphatic rings. The SMILES string of the molecule is CC(C)(C)C1CCC2(CC1)OC[C@@H]([C@H]1OC(=O)C(O)=C1O)O2. The number of hydrogen-bond donors (Lipinski definition) is 2. The smallest absolute Gasteiger partial charge is 0.377 e. The van der Waals surface area contributed by atoms with Gasteiger partial charge in [-0.3, -0.25) is 0 Å². The maximum Gasteiger partial charge on any atom is 0.377 e. The number of carbonyl (C=O) groups excluding carboxylic acids is 1. The highest BCUT2D eigenvalue weighted by Crippen LogP contribution is 2.46. The summed E-state index contributed by atoms with van der Waals surface area (Å²) in [6.45, 7) is 6.99. The van der Waals surface area contributed by atoms with E-state index in [0.29, 0.717) is 5.92 Å². The van der Waals surface area contributed by atoms with Crippen molar-refractivity contribution in [3.63, 3.8) is 0 Å². The number of ether oxygens (including phenoxy) is 3. The number of aliphatic hydroxyl groups excluding tert-OH is 2. The molecule has 0 aromatic carbocycles. The fourth-order valence-corrected chi connectivity index (χ4v) is 3.63. The molecule has 6 nitrogen and oxygen atoms in total. The minimum atomic E-state index is -0.966. The standard InChI is InChI=1S/C16H24O6/c1-15(2,3)9-4-6-16(7-5-9)20-8-10(22-16)13-11(17)12(18)14(19)21-13/h9-10,13,17-18H,4-8H2,1-3H3/t9?,10-,13+,16?/m0/s1. The summed E-state index contributed by atoms with van der Waals surface area (Å²) >= 11 is 0. The molecular weight excluding hydrogens is 288 g/mol. The van der Waals surface area contributed by atoms with Crippen molar-refractivity contribution in [2.24, 2.45) is 11.3 Å². The van der Waals surface area contributed by atoms with E-state index >= 15 is 0 Å². The van der Waals surface area contributed by atoms with Crippen molar-refractivity contribution in [1.29, 1.82) is 0 Å². The molecule has 2 heterocycles. The summed E-state index contributed by atoms with van der Waals surface area (Å²) in [5.41, 5.74) is 0.271. The quantitative estimate of drug-likeness (QED) is 0.724. The Morgan fingerprint density at radius 3 is 2.32 bits per heavy atom. The van der Waals surface area contributed by atoms with Crippen molar-refractivity contribution in [2.75, 3.05) is 6.61 Å². The highest BCUT2D eigenvalue weighted by molar-refractivity contribution is 5.89. The molecule has 0 radical (unpaired) electrons. The van der Waals surface area contributed by atoms with Gasteiger partial charge in [0.25, 0.3) is 0 Å². The Kier molecular flexibility index (Phi) is 3.64. The van der Waals surface area contributed by atoms with E-state index in [9.17, 15) is 15.0 Å². The van der Waals surface area contributed by atoms with Gasteiger partial charge in [0.05, 0.1) is 6.61 Å². The normalized spacial score (nSPS) is 39.6. The molecule has 2 aliphatic heterocycles. The van der Waals surface area contributed by atoms with E-state index in [4.69, 9.17) is 14.2 Å². The first-order valence-electron chi connectivity index (χ1n) is 7.87. The van der Waals surface area contributed by atoms with Gasteiger partial charge < -0.3 is 24.4 Å². The summed E-state index contributed by atoms with van der Waals surface area (Å²) < 4.78 is 16.8. The van der Waals surface area contributed by atoms with Crippen molar-refractivity contribution in [2.45, 2.75) is 64.4 Å². The van der Waals surface area contributed by atoms with Gasteiger partial charge in [0.1, 0.15) is 6.10 Å². The van der Waals surface area contributed by atoms with E-state index in [2.05, 4.69) is 20.8 Å². The van der Waals surface area contributed by atoms with Crippen LogP contribution in [0.15, 0.2) is 11.5 Å². The molecule has 0 amide bonds. The zero-order valence-electron chi connectivity index (χ0n) is 13.3. The third-order valence-corrected chi connectivity index (χ3v) is 5.13. The Bertz CT molecular complexity index is 495. The summed E-state index contributed by atoms with van der Waals surface area (Å²) in [5, 5.41) is 19.2. The van der Waals surface area contributed by atoms with Crippen LogP contribution in [0.3, 0.4) is 0 Å². The Hall–Kier alpha value is -1.27. The molecule has 2 N–H and O–H groups in total. The van der Waals surface area contributed by atoms with Crippen molar-refractivity contribution < 1.29 is 29.2 Å². The van der Waals surface area contributed by atoms with Gasteiger partial charge >= 0.3 is 5.97 Å². The van der Waals surface area contributed by atoms with Crippen molar-refractivity contribution >= 4 is 5.97 Å². The largest absolute Gasteiger partial charge is 0.505 e. The predicted molar refractivity (Wildman–Crippen MR) is 77.1 cm³/mol. The molecule has 3 rings (SSSR count). The second kappa shape index (κ2) is 5.13. The Morgan fingerprint density at radius 1 is 1.18 bits per heavy atom. The third kappa shape index (κ3) is 2.58. The molecule has 22 heavy (non-hydrogen) atoms. The molecule has 1 saturated carbocycles. The van der Waals surface area contributed by atoms with Gasteiger partial charge in [-0.1, -0.05) is 20.8 Å². The first kappa shape index (κ1) is 15.6. The summed E-state index contributed by atoms with van der Waals surface area (Å²) in [5.74, 6) is -2.11. The number of cyclic esters (lactones) is 1. The van der Waals surface area contributed by atoms with Crippen LogP contribution in [0.25, 0.3) is 0 Å². The zero-order valence-corrected chi connectivity index (χ0v) is 13.3. The third-order valence-electron chi connectivity index (χ3n) is 5.13. The van der Waals surface area contributed by atoms with Crippen LogP contribution in [-0.2, 0) is 19.0 Å². The van der Waals surface area contributed by atoms with Crippen LogP contribution in [0.4, 0.5) is 0 Å². The molecule has 1 aliphatic carbocycles. The van der Waals surface area contributed by atoms with Crippen LogP contribution in [0.1, 0.15) is 46.5 Å². The summed E-state index contributed by atoms with van der Waals surface area (Å²) in [6.07, 6.45) is 2.10. The maximum atomic E-state index is 11.3. The van der Waals surface area contributed by atoms with Crippen molar-refractivity contribution in [3.8, 4) is 0 Å². The van der Waals surface area contributed by atoms with Crippen LogP contribution in [0, 0.1) is 11.3 Å². The average molecular weight is 312 g/mol. The number of aliphatic hydroxyl groups is 2. The Labute approximate surface area is 130 Å². The molecule has 2 atom stereocenters. The van der Waals surface area contributed by atoms with Gasteiger partial charge in [-0.2, -0.15) is 0 Å². The van der Waals surface area contributed by atoms with Crippen molar-refractivity contribution in [1.82, 2.24) is 0 Å². The number of esters is 1. The second-order valence-electron chi connectivity index (χ2n) is 7.58. The fourth-order valence-electron chi connectivity index (χ4n) is 3.63. The highest BCUT2D eigenvalue weighted by atomic mass is 16.8. The molecular formula is C16H24O6. The lowest BCUT2D eigenvalue weighted by molar-refractivity contribution is -0.205. The van der Waals surface area contributed by atoms with Gasteiger partial charge in [0.2, 0.25) is 5.76 Å². The monoisotopic (exact) mass is 312 g/mol. The van der Waals surface area contributed by atoms with Gasteiger partial charge in [0.15, 0.2) is 17.7 Å². The molecule has 0 unspecified atom stereocenters. The molecule has 2 fully saturated rings. The lowest BCUT2D eigenvalue weighted by atomic mass is 9.71. The first-order chi connectivity index (χ1) is 10.2. The van der Waals surface area contributed by atoms with Gasteiger partial charge in [-0.25, -0.2) is 4.79 Å². The average Bonchev–Trinajstić information content (AvgIpc) is 2.96. The maximum absolute atomic E-state index is 11.3. The Morgan fingerprint density at radius 2 is 1.82 bits per heavy atom. The summed E-state index contributed by atoms with van der Waals surface area (Å²) in [4.78, 5) is 11.3. The highest BCUT2D eigenvalue weighted by Gasteiger charge is 2.51. The molecule has 0 aromatic heterocycles. The van der Waals surface area contributed by atoms with E-state index in [1.54, 1.807) is 0 Å². The lowest BCUT2D eigenvalue weighted by Crippen LogP contribution is -2.40. The molecule has 1 saturated heterocycles. The van der Waals surface area contributed by atoms with E-state index in [-0.39, 0.29) is 12.0 Å². The van der Waals surface area contributed by atoms with Crippen LogP contribution in [0.2, 0.25) is 0 Å². The molecule has 124 valence electrons. The van der Waals surface area contributed by atoms with Gasteiger partial charge in [-0.05, 0) is 24.2 Å². The van der Waals surface area contributed by atoms with Crippen molar-refractivity contribution in [3.05, 3.63) is 11.5 Å². The predicted octanol–water partition coefficient (Wildman–Crippen LogP) is 2.59. The Balaban J connectivity index is 1.63. The number of rotatable bonds is 1. The van der Waals surface area contributed by atoms with E-state index < -0.39 is 35.5 Å². The molecule has 0 bridgehead atoms. The minimum Gasteiger partial charge on any atom is -0.505 e. The number of carbonyl (C=O) groups is 1. The van der Waals surface area contributed by atoms with Crippen LogP contribution < -0.4 is 0 Å². The second-order valence-corrected chi connectivity index (χ2v) is 7.58. The van der Waals surface area contributed by atoms with E-state index in [1.807, 2.05) is 0 Å². The minimum absolute atomic E-state index is 0.246. The summed E-state index contributed by atoms with van der Waals surface area (Å²) in [7, 11) is 0. The first-order valence-corrected chi connectivity index (χ1v) is 7.87. The zero-order chi connectivity index (χ0) is 16.1. The fraction of sp³-hybridized carbons (Fsp3) is 0.812. The summed E-state index contributed by atoms with van der Waals surface area (Å²) in [6, 6.07) is 0. The van der Waals surface area contributed by atoms with Crippen LogP contribution in [0.5, 0.6) is 0 Å². The van der Waals surface area contributed by atoms with E-state index in [1.165, 1.54) is 0 Å².